The Balaban J connectivity index is 1.36. The van der Waals surface area contributed by atoms with Crippen molar-refractivity contribution in [2.75, 3.05) is 4.90 Å². The van der Waals surface area contributed by atoms with Gasteiger partial charge in [0.25, 0.3) is 0 Å². The van der Waals surface area contributed by atoms with Crippen molar-refractivity contribution in [3.05, 3.63) is 113 Å². The van der Waals surface area contributed by atoms with Gasteiger partial charge in [-0.3, -0.25) is 0 Å². The van der Waals surface area contributed by atoms with E-state index in [1.165, 1.54) is 55.8 Å². The van der Waals surface area contributed by atoms with E-state index >= 15 is 0 Å². The molecule has 1 heterocycles. The van der Waals surface area contributed by atoms with E-state index in [-0.39, 0.29) is 0 Å². The number of hydrogen-bond donors (Lipinski definition) is 0. The summed E-state index contributed by atoms with van der Waals surface area (Å²) in [5.41, 5.74) is 14.1. The molecule has 1 unspecified atom stereocenters. The molecular weight excluding hydrogens is 398 g/mol. The molecule has 4 aromatic carbocycles. The molecule has 0 aromatic heterocycles. The normalized spacial score (nSPS) is 18.2. The maximum Gasteiger partial charge on any atom is 0.0433 e. The highest BCUT2D eigenvalue weighted by Crippen LogP contribution is 2.42. The Labute approximate surface area is 197 Å². The number of anilines is 1. The van der Waals surface area contributed by atoms with Crippen LogP contribution in [0, 0.1) is 0 Å². The summed E-state index contributed by atoms with van der Waals surface area (Å²) in [5, 5.41) is 0. The predicted octanol–water partition coefficient (Wildman–Crippen LogP) is 8.00. The van der Waals surface area contributed by atoms with Crippen molar-refractivity contribution in [1.82, 2.24) is 0 Å². The zero-order valence-electron chi connectivity index (χ0n) is 19.8. The van der Waals surface area contributed by atoms with Crippen LogP contribution in [0.4, 0.5) is 5.69 Å². The van der Waals surface area contributed by atoms with Gasteiger partial charge in [0, 0.05) is 24.2 Å². The Morgan fingerprint density at radius 3 is 2.36 bits per heavy atom. The van der Waals surface area contributed by atoms with Crippen LogP contribution in [0.3, 0.4) is 0 Å². The van der Waals surface area contributed by atoms with Crippen molar-refractivity contribution in [2.45, 2.75) is 52.1 Å². The van der Waals surface area contributed by atoms with Gasteiger partial charge in [-0.15, -0.1) is 0 Å². The lowest BCUT2D eigenvalue weighted by Gasteiger charge is -2.27. The van der Waals surface area contributed by atoms with Gasteiger partial charge in [0.1, 0.15) is 0 Å². The van der Waals surface area contributed by atoms with Crippen molar-refractivity contribution in [1.29, 1.82) is 0 Å². The molecule has 0 saturated carbocycles. The minimum atomic E-state index is 0.509. The molecule has 4 aromatic rings. The zero-order chi connectivity index (χ0) is 22.5. The first-order valence-corrected chi connectivity index (χ1v) is 12.3. The smallest absolute Gasteiger partial charge is 0.0433 e. The molecule has 0 radical (unpaired) electrons. The average molecular weight is 430 g/mol. The van der Waals surface area contributed by atoms with Crippen molar-refractivity contribution in [2.24, 2.45) is 0 Å². The van der Waals surface area contributed by atoms with Gasteiger partial charge in [0.15, 0.2) is 0 Å². The Morgan fingerprint density at radius 1 is 0.727 bits per heavy atom. The zero-order valence-corrected chi connectivity index (χ0v) is 19.8. The maximum absolute atomic E-state index is 2.60. The highest BCUT2D eigenvalue weighted by atomic mass is 15.2. The summed E-state index contributed by atoms with van der Waals surface area (Å²) >= 11 is 0. The highest BCUT2D eigenvalue weighted by Gasteiger charge is 2.32. The Hall–Kier alpha value is -3.32. The van der Waals surface area contributed by atoms with Crippen molar-refractivity contribution < 1.29 is 0 Å². The Bertz CT molecular complexity index is 1350. The molecule has 0 amide bonds. The maximum atomic E-state index is 2.60. The predicted molar refractivity (Wildman–Crippen MR) is 140 cm³/mol. The molecule has 6 rings (SSSR count). The van der Waals surface area contributed by atoms with Crippen LogP contribution in [0.1, 0.15) is 54.5 Å². The van der Waals surface area contributed by atoms with Crippen LogP contribution in [0.2, 0.25) is 0 Å². The molecule has 33 heavy (non-hydrogen) atoms. The number of nitrogens with zero attached hydrogens (tertiary/aromatic N) is 1. The Kier molecular flexibility index (Phi) is 4.87. The highest BCUT2D eigenvalue weighted by molar-refractivity contribution is 5.80. The second kappa shape index (κ2) is 7.92. The number of rotatable bonds is 4. The van der Waals surface area contributed by atoms with E-state index < -0.39 is 0 Å². The molecule has 1 aliphatic carbocycles. The second-order valence-electron chi connectivity index (χ2n) is 9.81. The van der Waals surface area contributed by atoms with Crippen LogP contribution in [0.25, 0.3) is 22.3 Å². The second-order valence-corrected chi connectivity index (χ2v) is 9.81. The van der Waals surface area contributed by atoms with Crippen LogP contribution in [0.5, 0.6) is 0 Å². The van der Waals surface area contributed by atoms with Gasteiger partial charge >= 0.3 is 0 Å². The molecule has 2 aliphatic rings. The summed E-state index contributed by atoms with van der Waals surface area (Å²) < 4.78 is 0. The lowest BCUT2D eigenvalue weighted by molar-refractivity contribution is 0.591. The van der Waals surface area contributed by atoms with Crippen LogP contribution >= 0.6 is 0 Å². The average Bonchev–Trinajstić information content (AvgIpc) is 3.34. The van der Waals surface area contributed by atoms with Gasteiger partial charge in [0.05, 0.1) is 0 Å². The van der Waals surface area contributed by atoms with E-state index in [0.717, 1.165) is 19.4 Å². The quantitative estimate of drug-likeness (QED) is 0.280. The van der Waals surface area contributed by atoms with Crippen LogP contribution in [-0.2, 0) is 19.4 Å². The van der Waals surface area contributed by atoms with E-state index in [1.54, 1.807) is 0 Å². The number of benzene rings is 4. The first-order valence-electron chi connectivity index (χ1n) is 12.3. The van der Waals surface area contributed by atoms with Crippen molar-refractivity contribution in [3.8, 4) is 22.3 Å². The fraction of sp³-hybridized carbons (Fsp3) is 0.250. The monoisotopic (exact) mass is 429 g/mol. The number of hydrogen-bond acceptors (Lipinski definition) is 1. The summed E-state index contributed by atoms with van der Waals surface area (Å²) in [7, 11) is 0. The van der Waals surface area contributed by atoms with E-state index in [2.05, 4.69) is 111 Å². The molecule has 1 aliphatic heterocycles. The molecule has 0 spiro atoms. The standard InChI is InChI=1S/C32H31N/c1-4-23-15-24(20-33-22(3)21(2)29-10-7-8-12-32(29)33)17-27(16-23)25-13-14-31-28(18-25)19-26-9-5-6-11-30(26)31/h5-18,21-22H,4,19-20H2,1-3H3/t21?,22-/m0/s1. The molecule has 0 bridgehead atoms. The van der Waals surface area contributed by atoms with E-state index in [4.69, 9.17) is 0 Å². The summed E-state index contributed by atoms with van der Waals surface area (Å²) in [6.45, 7) is 7.95. The molecule has 2 atom stereocenters. The third-order valence-corrected chi connectivity index (χ3v) is 7.89. The fourth-order valence-corrected chi connectivity index (χ4v) is 5.86. The molecule has 0 N–H and O–H groups in total. The SMILES string of the molecule is CCc1cc(CN2c3ccccc3C(C)[C@@H]2C)cc(-c2ccc3c(c2)Cc2ccccc2-3)c1. The van der Waals surface area contributed by atoms with E-state index in [1.807, 2.05) is 0 Å². The van der Waals surface area contributed by atoms with Gasteiger partial charge < -0.3 is 4.90 Å². The lowest BCUT2D eigenvalue weighted by atomic mass is 9.95. The molecule has 0 fully saturated rings. The molecule has 1 nitrogen and oxygen atoms in total. The van der Waals surface area contributed by atoms with Gasteiger partial charge in [-0.25, -0.2) is 0 Å². The number of aryl methyl sites for hydroxylation is 1. The third kappa shape index (κ3) is 3.38. The molecular formula is C32H31N. The van der Waals surface area contributed by atoms with Gasteiger partial charge in [-0.05, 0) is 82.0 Å². The van der Waals surface area contributed by atoms with Crippen LogP contribution < -0.4 is 4.90 Å². The fourth-order valence-electron chi connectivity index (χ4n) is 5.86. The minimum Gasteiger partial charge on any atom is -0.364 e. The van der Waals surface area contributed by atoms with Crippen molar-refractivity contribution in [3.63, 3.8) is 0 Å². The third-order valence-electron chi connectivity index (χ3n) is 7.89. The van der Waals surface area contributed by atoms with Gasteiger partial charge in [0.2, 0.25) is 0 Å². The summed E-state index contributed by atoms with van der Waals surface area (Å²) in [6, 6.07) is 32.5. The number of para-hydroxylation sites is 1. The van der Waals surface area contributed by atoms with Crippen LogP contribution in [-0.4, -0.2) is 6.04 Å². The number of fused-ring (bicyclic) bond motifs is 4. The van der Waals surface area contributed by atoms with E-state index in [9.17, 15) is 0 Å². The van der Waals surface area contributed by atoms with E-state index in [0.29, 0.717) is 12.0 Å². The molecule has 1 heteroatoms. The Morgan fingerprint density at radius 2 is 1.48 bits per heavy atom. The summed E-state index contributed by atoms with van der Waals surface area (Å²) in [5.74, 6) is 0.563. The first-order chi connectivity index (χ1) is 16.1. The van der Waals surface area contributed by atoms with Gasteiger partial charge in [-0.2, -0.15) is 0 Å². The van der Waals surface area contributed by atoms with Crippen molar-refractivity contribution >= 4 is 5.69 Å². The molecule has 164 valence electrons. The summed E-state index contributed by atoms with van der Waals surface area (Å²) in [6.07, 6.45) is 2.10. The lowest BCUT2D eigenvalue weighted by Crippen LogP contribution is -2.30. The van der Waals surface area contributed by atoms with Crippen LogP contribution in [0.15, 0.2) is 84.9 Å². The molecule has 0 saturated heterocycles. The van der Waals surface area contributed by atoms with Gasteiger partial charge in [-0.1, -0.05) is 86.6 Å². The first kappa shape index (κ1) is 20.3. The topological polar surface area (TPSA) is 3.24 Å². The minimum absolute atomic E-state index is 0.509. The largest absolute Gasteiger partial charge is 0.364 e. The summed E-state index contributed by atoms with van der Waals surface area (Å²) in [4.78, 5) is 2.60.